The number of hydrogen-bond donors (Lipinski definition) is 0. The van der Waals surface area contributed by atoms with Crippen LogP contribution in [0.5, 0.6) is 0 Å². The summed E-state index contributed by atoms with van der Waals surface area (Å²) in [4.78, 5) is 14.2. The first kappa shape index (κ1) is 17.0. The summed E-state index contributed by atoms with van der Waals surface area (Å²) >= 11 is 6.04. The molecule has 0 aliphatic carbocycles. The predicted octanol–water partition coefficient (Wildman–Crippen LogP) is 4.06. The van der Waals surface area contributed by atoms with Crippen molar-refractivity contribution < 1.29 is 9.53 Å². The van der Waals surface area contributed by atoms with Crippen molar-refractivity contribution in [1.29, 1.82) is 0 Å². The Balaban J connectivity index is 2.87. The largest absolute Gasteiger partial charge is 0.465 e. The number of benzene rings is 1. The molecule has 0 aliphatic rings. The van der Waals surface area contributed by atoms with Gasteiger partial charge in [0.05, 0.1) is 6.61 Å². The van der Waals surface area contributed by atoms with Gasteiger partial charge in [-0.15, -0.1) is 0 Å². The number of ether oxygens (including phenoxy) is 1. The van der Waals surface area contributed by atoms with Gasteiger partial charge in [-0.3, -0.25) is 9.69 Å². The molecular formula is C16H24ClNO2. The van der Waals surface area contributed by atoms with Crippen LogP contribution in [-0.2, 0) is 9.53 Å². The van der Waals surface area contributed by atoms with Crippen molar-refractivity contribution >= 4 is 17.6 Å². The van der Waals surface area contributed by atoms with Gasteiger partial charge in [-0.05, 0) is 45.0 Å². The molecule has 0 aliphatic heterocycles. The van der Waals surface area contributed by atoms with Gasteiger partial charge in [0, 0.05) is 11.1 Å². The normalized spacial score (nSPS) is 14.1. The zero-order valence-electron chi connectivity index (χ0n) is 12.7. The summed E-state index contributed by atoms with van der Waals surface area (Å²) in [6.45, 7) is 6.40. The van der Waals surface area contributed by atoms with Gasteiger partial charge < -0.3 is 4.74 Å². The summed E-state index contributed by atoms with van der Waals surface area (Å²) in [5.74, 6) is -0.147. The van der Waals surface area contributed by atoms with E-state index in [9.17, 15) is 4.79 Å². The van der Waals surface area contributed by atoms with Crippen molar-refractivity contribution in [1.82, 2.24) is 4.90 Å². The molecule has 0 N–H and O–H groups in total. The van der Waals surface area contributed by atoms with Crippen LogP contribution in [0.1, 0.15) is 45.2 Å². The van der Waals surface area contributed by atoms with Gasteiger partial charge in [0.15, 0.2) is 0 Å². The van der Waals surface area contributed by atoms with Crippen molar-refractivity contribution in [3.8, 4) is 0 Å². The number of hydrogen-bond acceptors (Lipinski definition) is 3. The number of carbonyl (C=O) groups is 1. The fourth-order valence-corrected chi connectivity index (χ4v) is 2.47. The molecule has 0 aromatic heterocycles. The molecule has 4 heteroatoms. The van der Waals surface area contributed by atoms with E-state index in [2.05, 4.69) is 18.7 Å². The quantitative estimate of drug-likeness (QED) is 0.711. The van der Waals surface area contributed by atoms with Crippen LogP contribution >= 0.6 is 11.6 Å². The van der Waals surface area contributed by atoms with Crippen LogP contribution in [0, 0.1) is 0 Å². The third-order valence-electron chi connectivity index (χ3n) is 3.55. The smallest absolute Gasteiger partial charge is 0.323 e. The highest BCUT2D eigenvalue weighted by atomic mass is 35.5. The second-order valence-electron chi connectivity index (χ2n) is 4.95. The SMILES string of the molecule is CCCC(C(=O)OCC)N(C)C(C)c1cccc(Cl)c1. The summed E-state index contributed by atoms with van der Waals surface area (Å²) in [6.07, 6.45) is 1.73. The summed E-state index contributed by atoms with van der Waals surface area (Å²) in [7, 11) is 1.96. The van der Waals surface area contributed by atoms with E-state index >= 15 is 0 Å². The van der Waals surface area contributed by atoms with Crippen LogP contribution < -0.4 is 0 Å². The topological polar surface area (TPSA) is 29.5 Å². The number of carbonyl (C=O) groups excluding carboxylic acids is 1. The third-order valence-corrected chi connectivity index (χ3v) is 3.79. The highest BCUT2D eigenvalue weighted by Crippen LogP contribution is 2.25. The van der Waals surface area contributed by atoms with Crippen molar-refractivity contribution in [2.45, 2.75) is 45.7 Å². The highest BCUT2D eigenvalue weighted by molar-refractivity contribution is 6.30. The molecule has 112 valence electrons. The summed E-state index contributed by atoms with van der Waals surface area (Å²) in [5, 5.41) is 0.714. The summed E-state index contributed by atoms with van der Waals surface area (Å²) in [6, 6.07) is 7.65. The number of halogens is 1. The minimum atomic E-state index is -0.214. The molecule has 3 nitrogen and oxygen atoms in total. The lowest BCUT2D eigenvalue weighted by molar-refractivity contribution is -0.150. The predicted molar refractivity (Wildman–Crippen MR) is 83.0 cm³/mol. The summed E-state index contributed by atoms with van der Waals surface area (Å²) < 4.78 is 5.18. The van der Waals surface area contributed by atoms with Crippen molar-refractivity contribution in [3.63, 3.8) is 0 Å². The Morgan fingerprint density at radius 1 is 1.40 bits per heavy atom. The number of esters is 1. The lowest BCUT2D eigenvalue weighted by Crippen LogP contribution is -2.41. The van der Waals surface area contributed by atoms with Crippen LogP contribution in [0.4, 0.5) is 0 Å². The van der Waals surface area contributed by atoms with Crippen molar-refractivity contribution in [3.05, 3.63) is 34.9 Å². The lowest BCUT2D eigenvalue weighted by Gasteiger charge is -2.31. The number of nitrogens with zero attached hydrogens (tertiary/aromatic N) is 1. The van der Waals surface area contributed by atoms with Crippen LogP contribution in [0.2, 0.25) is 5.02 Å². The molecule has 0 bridgehead atoms. The Kier molecular flexibility index (Phi) is 7.03. The fourth-order valence-electron chi connectivity index (χ4n) is 2.27. The molecule has 0 spiro atoms. The molecule has 1 aromatic carbocycles. The van der Waals surface area contributed by atoms with Gasteiger partial charge in [-0.2, -0.15) is 0 Å². The van der Waals surface area contributed by atoms with Crippen molar-refractivity contribution in [2.75, 3.05) is 13.7 Å². The first-order chi connectivity index (χ1) is 9.51. The maximum absolute atomic E-state index is 12.1. The minimum absolute atomic E-state index is 0.106. The number of likely N-dealkylation sites (N-methyl/N-ethyl adjacent to an activating group) is 1. The molecule has 1 rings (SSSR count). The first-order valence-electron chi connectivity index (χ1n) is 7.15. The van der Waals surface area contributed by atoms with E-state index in [-0.39, 0.29) is 18.1 Å². The molecule has 20 heavy (non-hydrogen) atoms. The zero-order valence-corrected chi connectivity index (χ0v) is 13.5. The van der Waals surface area contributed by atoms with E-state index in [0.29, 0.717) is 11.6 Å². The Labute approximate surface area is 126 Å². The first-order valence-corrected chi connectivity index (χ1v) is 7.53. The van der Waals surface area contributed by atoms with Gasteiger partial charge in [0.1, 0.15) is 6.04 Å². The Bertz CT molecular complexity index is 436. The molecule has 0 radical (unpaired) electrons. The van der Waals surface area contributed by atoms with E-state index < -0.39 is 0 Å². The lowest BCUT2D eigenvalue weighted by atomic mass is 10.0. The Morgan fingerprint density at radius 3 is 2.65 bits per heavy atom. The minimum Gasteiger partial charge on any atom is -0.465 e. The maximum atomic E-state index is 12.1. The molecule has 0 heterocycles. The van der Waals surface area contributed by atoms with E-state index in [4.69, 9.17) is 16.3 Å². The average molecular weight is 298 g/mol. The maximum Gasteiger partial charge on any atom is 0.323 e. The molecule has 0 saturated carbocycles. The monoisotopic (exact) mass is 297 g/mol. The van der Waals surface area contributed by atoms with Gasteiger partial charge in [0.2, 0.25) is 0 Å². The van der Waals surface area contributed by atoms with E-state index in [0.717, 1.165) is 18.4 Å². The van der Waals surface area contributed by atoms with Crippen LogP contribution in [0.15, 0.2) is 24.3 Å². The molecule has 0 saturated heterocycles. The van der Waals surface area contributed by atoms with E-state index in [1.165, 1.54) is 0 Å². The Morgan fingerprint density at radius 2 is 2.10 bits per heavy atom. The molecule has 1 aromatic rings. The van der Waals surface area contributed by atoms with Crippen LogP contribution in [-0.4, -0.2) is 30.6 Å². The molecule has 0 amide bonds. The highest BCUT2D eigenvalue weighted by Gasteiger charge is 2.27. The van der Waals surface area contributed by atoms with Crippen molar-refractivity contribution in [2.24, 2.45) is 0 Å². The molecule has 2 atom stereocenters. The van der Waals surface area contributed by atoms with Gasteiger partial charge in [0.25, 0.3) is 0 Å². The molecular weight excluding hydrogens is 274 g/mol. The van der Waals surface area contributed by atoms with Gasteiger partial charge in [-0.1, -0.05) is 37.1 Å². The average Bonchev–Trinajstić information content (AvgIpc) is 2.43. The number of rotatable bonds is 7. The van der Waals surface area contributed by atoms with E-state index in [1.54, 1.807) is 0 Å². The van der Waals surface area contributed by atoms with E-state index in [1.807, 2.05) is 38.2 Å². The Hall–Kier alpha value is -1.06. The molecule has 2 unspecified atom stereocenters. The van der Waals surface area contributed by atoms with Crippen LogP contribution in [0.25, 0.3) is 0 Å². The third kappa shape index (κ3) is 4.50. The van der Waals surface area contributed by atoms with Crippen LogP contribution in [0.3, 0.4) is 0 Å². The van der Waals surface area contributed by atoms with Gasteiger partial charge in [-0.25, -0.2) is 0 Å². The standard InChI is InChI=1S/C16H24ClNO2/c1-5-8-15(16(19)20-6-2)18(4)12(3)13-9-7-10-14(17)11-13/h7,9-12,15H,5-6,8H2,1-4H3. The second kappa shape index (κ2) is 8.28. The summed E-state index contributed by atoms with van der Waals surface area (Å²) in [5.41, 5.74) is 1.10. The second-order valence-corrected chi connectivity index (χ2v) is 5.39. The zero-order chi connectivity index (χ0) is 15.1. The fraction of sp³-hybridized carbons (Fsp3) is 0.562. The molecule has 0 fully saturated rings. The van der Waals surface area contributed by atoms with Gasteiger partial charge >= 0.3 is 5.97 Å².